The van der Waals surface area contributed by atoms with Crippen LogP contribution in [-0.4, -0.2) is 67.0 Å². The Balaban J connectivity index is 1.34. The summed E-state index contributed by atoms with van der Waals surface area (Å²) in [7, 11) is 0. The largest absolute Gasteiger partial charge is 0.379 e. The molecule has 1 aliphatic rings. The SMILES string of the molecule is Cc1c(NC(=O)c2ccc(F)cc2)cccc1-c1ccc(C(N)=O)c2[nH]c3cc(C(=O)NCCN4CCOCC4)ccc3c12. The van der Waals surface area contributed by atoms with Gasteiger partial charge in [0.1, 0.15) is 5.82 Å². The Morgan fingerprint density at radius 2 is 1.68 bits per heavy atom. The summed E-state index contributed by atoms with van der Waals surface area (Å²) in [6.45, 7) is 6.28. The Kier molecular flexibility index (Phi) is 8.10. The number of carbonyl (C=O) groups excluding carboxylic acids is 3. The van der Waals surface area contributed by atoms with Crippen molar-refractivity contribution in [2.24, 2.45) is 5.73 Å². The average Bonchev–Trinajstić information content (AvgIpc) is 3.41. The number of morpholine rings is 1. The van der Waals surface area contributed by atoms with E-state index in [1.807, 2.05) is 31.2 Å². The van der Waals surface area contributed by atoms with Gasteiger partial charge in [0, 0.05) is 59.3 Å². The molecular formula is C34H32FN5O4. The van der Waals surface area contributed by atoms with E-state index < -0.39 is 11.7 Å². The maximum absolute atomic E-state index is 13.4. The summed E-state index contributed by atoms with van der Waals surface area (Å²) in [6.07, 6.45) is 0. The number of H-pyrrole nitrogens is 1. The molecule has 0 saturated carbocycles. The highest BCUT2D eigenvalue weighted by atomic mass is 19.1. The molecule has 0 spiro atoms. The second kappa shape index (κ2) is 12.3. The highest BCUT2D eigenvalue weighted by Crippen LogP contribution is 2.39. The minimum Gasteiger partial charge on any atom is -0.379 e. The number of halogens is 1. The Morgan fingerprint density at radius 3 is 2.43 bits per heavy atom. The third-order valence-corrected chi connectivity index (χ3v) is 8.08. The summed E-state index contributed by atoms with van der Waals surface area (Å²) in [6, 6.07) is 19.9. The Bertz CT molecular complexity index is 1890. The third-order valence-electron chi connectivity index (χ3n) is 8.08. The lowest BCUT2D eigenvalue weighted by Crippen LogP contribution is -2.41. The van der Waals surface area contributed by atoms with E-state index in [2.05, 4.69) is 20.5 Å². The van der Waals surface area contributed by atoms with Crippen LogP contribution >= 0.6 is 0 Å². The highest BCUT2D eigenvalue weighted by Gasteiger charge is 2.20. The average molecular weight is 594 g/mol. The fourth-order valence-electron chi connectivity index (χ4n) is 5.70. The molecule has 44 heavy (non-hydrogen) atoms. The van der Waals surface area contributed by atoms with Crippen molar-refractivity contribution < 1.29 is 23.5 Å². The lowest BCUT2D eigenvalue weighted by atomic mass is 9.93. The summed E-state index contributed by atoms with van der Waals surface area (Å²) in [4.78, 5) is 43.9. The van der Waals surface area contributed by atoms with E-state index >= 15 is 0 Å². The first kappa shape index (κ1) is 29.0. The predicted octanol–water partition coefficient (Wildman–Crippen LogP) is 4.85. The fraction of sp³-hybridized carbons (Fsp3) is 0.206. The number of fused-ring (bicyclic) bond motifs is 3. The number of primary amides is 1. The molecule has 0 radical (unpaired) electrons. The lowest BCUT2D eigenvalue weighted by Gasteiger charge is -2.26. The molecule has 5 N–H and O–H groups in total. The number of carbonyl (C=O) groups is 3. The summed E-state index contributed by atoms with van der Waals surface area (Å²) >= 11 is 0. The number of aromatic nitrogens is 1. The highest BCUT2D eigenvalue weighted by molar-refractivity contribution is 6.20. The molecule has 9 nitrogen and oxygen atoms in total. The van der Waals surface area contributed by atoms with Gasteiger partial charge in [0.05, 0.1) is 24.3 Å². The van der Waals surface area contributed by atoms with Gasteiger partial charge in [0.25, 0.3) is 17.7 Å². The van der Waals surface area contributed by atoms with Crippen LogP contribution in [0.3, 0.4) is 0 Å². The van der Waals surface area contributed by atoms with Gasteiger partial charge in [0.2, 0.25) is 0 Å². The number of ether oxygens (including phenoxy) is 1. The number of hydrogen-bond acceptors (Lipinski definition) is 5. The fourth-order valence-corrected chi connectivity index (χ4v) is 5.70. The van der Waals surface area contributed by atoms with Crippen molar-refractivity contribution in [3.05, 3.63) is 101 Å². The van der Waals surface area contributed by atoms with Crippen molar-refractivity contribution in [1.82, 2.24) is 15.2 Å². The van der Waals surface area contributed by atoms with Crippen molar-refractivity contribution in [3.63, 3.8) is 0 Å². The van der Waals surface area contributed by atoms with Crippen LogP contribution in [0.5, 0.6) is 0 Å². The van der Waals surface area contributed by atoms with Crippen LogP contribution in [0, 0.1) is 12.7 Å². The molecule has 224 valence electrons. The van der Waals surface area contributed by atoms with Gasteiger partial charge in [-0.25, -0.2) is 4.39 Å². The molecule has 0 unspecified atom stereocenters. The van der Waals surface area contributed by atoms with Crippen molar-refractivity contribution >= 4 is 45.2 Å². The van der Waals surface area contributed by atoms with E-state index in [1.54, 1.807) is 24.3 Å². The van der Waals surface area contributed by atoms with E-state index in [0.29, 0.717) is 53.2 Å². The molecule has 4 aromatic carbocycles. The molecule has 3 amide bonds. The number of anilines is 1. The van der Waals surface area contributed by atoms with E-state index in [-0.39, 0.29) is 11.8 Å². The molecule has 10 heteroatoms. The first-order valence-electron chi connectivity index (χ1n) is 14.4. The minimum absolute atomic E-state index is 0.186. The van der Waals surface area contributed by atoms with Gasteiger partial charge in [0.15, 0.2) is 0 Å². The Hall–Kier alpha value is -5.06. The molecule has 1 aliphatic heterocycles. The minimum atomic E-state index is -0.578. The first-order valence-corrected chi connectivity index (χ1v) is 14.4. The van der Waals surface area contributed by atoms with Crippen LogP contribution in [0.4, 0.5) is 10.1 Å². The maximum Gasteiger partial charge on any atom is 0.255 e. The summed E-state index contributed by atoms with van der Waals surface area (Å²) in [5, 5.41) is 7.52. The Labute approximate surface area is 253 Å². The van der Waals surface area contributed by atoms with Gasteiger partial charge in [-0.2, -0.15) is 0 Å². The van der Waals surface area contributed by atoms with Gasteiger partial charge in [-0.15, -0.1) is 0 Å². The number of amides is 3. The molecule has 6 rings (SSSR count). The van der Waals surface area contributed by atoms with Gasteiger partial charge in [-0.05, 0) is 72.1 Å². The number of nitrogens with two attached hydrogens (primary N) is 1. The summed E-state index contributed by atoms with van der Waals surface area (Å²) < 4.78 is 18.7. The first-order chi connectivity index (χ1) is 21.3. The molecule has 0 atom stereocenters. The molecule has 1 aromatic heterocycles. The monoisotopic (exact) mass is 593 g/mol. The van der Waals surface area contributed by atoms with E-state index in [4.69, 9.17) is 10.5 Å². The molecule has 5 aromatic rings. The topological polar surface area (TPSA) is 130 Å². The van der Waals surface area contributed by atoms with Crippen molar-refractivity contribution in [3.8, 4) is 11.1 Å². The number of nitrogens with zero attached hydrogens (tertiary/aromatic N) is 1. The molecule has 2 heterocycles. The van der Waals surface area contributed by atoms with Gasteiger partial charge in [-0.1, -0.05) is 24.3 Å². The zero-order chi connectivity index (χ0) is 30.8. The quantitative estimate of drug-likeness (QED) is 0.205. The zero-order valence-electron chi connectivity index (χ0n) is 24.2. The third kappa shape index (κ3) is 5.77. The standard InChI is InChI=1S/C34H32FN5O4/c1-20-24(3-2-4-28(20)39-34(43)21-5-8-23(35)9-6-21)25-11-12-27(32(36)41)31-30(25)26-10-7-22(19-29(26)38-31)33(42)37-13-14-40-15-17-44-18-16-40/h2-12,19,38H,13-18H2,1H3,(H2,36,41)(H,37,42)(H,39,43). The second-order valence-corrected chi connectivity index (χ2v) is 10.8. The summed E-state index contributed by atoms with van der Waals surface area (Å²) in [5.41, 5.74) is 11.2. The number of rotatable bonds is 8. The number of hydrogen-bond donors (Lipinski definition) is 4. The van der Waals surface area contributed by atoms with Gasteiger partial charge >= 0.3 is 0 Å². The van der Waals surface area contributed by atoms with Gasteiger partial charge < -0.3 is 26.1 Å². The zero-order valence-corrected chi connectivity index (χ0v) is 24.2. The molecule has 1 fully saturated rings. The van der Waals surface area contributed by atoms with Crippen LogP contribution < -0.4 is 16.4 Å². The van der Waals surface area contributed by atoms with Crippen LogP contribution in [0.2, 0.25) is 0 Å². The van der Waals surface area contributed by atoms with Crippen LogP contribution in [0.15, 0.2) is 72.8 Å². The molecule has 0 bridgehead atoms. The van der Waals surface area contributed by atoms with E-state index in [0.717, 1.165) is 47.1 Å². The lowest BCUT2D eigenvalue weighted by molar-refractivity contribution is 0.0383. The number of benzene rings is 4. The van der Waals surface area contributed by atoms with Crippen LogP contribution in [0.25, 0.3) is 32.9 Å². The Morgan fingerprint density at radius 1 is 0.932 bits per heavy atom. The van der Waals surface area contributed by atoms with E-state index in [1.165, 1.54) is 24.3 Å². The molecule has 1 saturated heterocycles. The van der Waals surface area contributed by atoms with E-state index in [9.17, 15) is 18.8 Å². The van der Waals surface area contributed by atoms with Crippen molar-refractivity contribution in [2.75, 3.05) is 44.7 Å². The predicted molar refractivity (Wildman–Crippen MR) is 168 cm³/mol. The smallest absolute Gasteiger partial charge is 0.255 e. The normalized spacial score (nSPS) is 13.7. The van der Waals surface area contributed by atoms with Crippen LogP contribution in [-0.2, 0) is 4.74 Å². The number of nitrogens with one attached hydrogen (secondary N) is 3. The molecular weight excluding hydrogens is 561 g/mol. The van der Waals surface area contributed by atoms with Gasteiger partial charge in [-0.3, -0.25) is 19.3 Å². The molecule has 0 aliphatic carbocycles. The van der Waals surface area contributed by atoms with Crippen molar-refractivity contribution in [2.45, 2.75) is 6.92 Å². The second-order valence-electron chi connectivity index (χ2n) is 10.8. The summed E-state index contributed by atoms with van der Waals surface area (Å²) in [5.74, 6) is -1.54. The maximum atomic E-state index is 13.4. The van der Waals surface area contributed by atoms with Crippen molar-refractivity contribution in [1.29, 1.82) is 0 Å². The van der Waals surface area contributed by atoms with Crippen LogP contribution in [0.1, 0.15) is 36.6 Å². The number of aromatic amines is 1.